The highest BCUT2D eigenvalue weighted by Gasteiger charge is 2.19. The van der Waals surface area contributed by atoms with Gasteiger partial charge in [0, 0.05) is 5.02 Å². The summed E-state index contributed by atoms with van der Waals surface area (Å²) in [5.41, 5.74) is 1.14. The van der Waals surface area contributed by atoms with Gasteiger partial charge in [-0.25, -0.2) is 4.39 Å². The Labute approximate surface area is 131 Å². The van der Waals surface area contributed by atoms with Crippen molar-refractivity contribution in [2.24, 2.45) is 0 Å². The molecule has 22 heavy (non-hydrogen) atoms. The quantitative estimate of drug-likeness (QED) is 0.831. The Bertz CT molecular complexity index is 660. The van der Waals surface area contributed by atoms with Crippen molar-refractivity contribution in [1.29, 1.82) is 0 Å². The number of nitrogens with one attached hydrogen (secondary N) is 1. The Morgan fingerprint density at radius 3 is 2.36 bits per heavy atom. The topological polar surface area (TPSA) is 66.4 Å². The van der Waals surface area contributed by atoms with Crippen molar-refractivity contribution in [1.82, 2.24) is 5.32 Å². The molecular weight excluding hydrogens is 309 g/mol. The third kappa shape index (κ3) is 4.30. The molecule has 0 saturated carbocycles. The first kappa shape index (κ1) is 16.0. The fourth-order valence-electron chi connectivity index (χ4n) is 2.08. The van der Waals surface area contributed by atoms with E-state index in [4.69, 9.17) is 16.7 Å². The average Bonchev–Trinajstić information content (AvgIpc) is 2.44. The van der Waals surface area contributed by atoms with E-state index in [0.29, 0.717) is 16.1 Å². The van der Waals surface area contributed by atoms with Gasteiger partial charge < -0.3 is 10.4 Å². The first-order valence-electron chi connectivity index (χ1n) is 6.48. The van der Waals surface area contributed by atoms with Crippen molar-refractivity contribution in [2.45, 2.75) is 12.5 Å². The molecule has 4 nitrogen and oxygen atoms in total. The van der Waals surface area contributed by atoms with Crippen molar-refractivity contribution >= 4 is 23.5 Å². The van der Waals surface area contributed by atoms with Gasteiger partial charge in [-0.1, -0.05) is 35.9 Å². The number of benzene rings is 2. The molecule has 0 saturated heterocycles. The van der Waals surface area contributed by atoms with E-state index in [9.17, 15) is 14.0 Å². The Morgan fingerprint density at radius 1 is 1.14 bits per heavy atom. The summed E-state index contributed by atoms with van der Waals surface area (Å²) in [6.45, 7) is 0. The maximum Gasteiger partial charge on any atom is 0.312 e. The van der Waals surface area contributed by atoms with Crippen LogP contribution in [0.2, 0.25) is 5.02 Å². The minimum Gasteiger partial charge on any atom is -0.481 e. The molecule has 1 amide bonds. The van der Waals surface area contributed by atoms with Gasteiger partial charge in [0.25, 0.3) is 0 Å². The van der Waals surface area contributed by atoms with E-state index in [1.807, 2.05) is 0 Å². The Hall–Kier alpha value is -2.40. The summed E-state index contributed by atoms with van der Waals surface area (Å²) in [5.74, 6) is -2.35. The minimum absolute atomic E-state index is 0.447. The van der Waals surface area contributed by atoms with Crippen LogP contribution in [0, 0.1) is 5.82 Å². The molecule has 0 aliphatic rings. The van der Waals surface area contributed by atoms with E-state index >= 15 is 0 Å². The maximum atomic E-state index is 13.4. The predicted molar refractivity (Wildman–Crippen MR) is 80.1 cm³/mol. The zero-order valence-electron chi connectivity index (χ0n) is 11.4. The summed E-state index contributed by atoms with van der Waals surface area (Å²) in [6, 6.07) is 11.8. The van der Waals surface area contributed by atoms with Gasteiger partial charge >= 0.3 is 5.97 Å². The number of hydrogen-bond acceptors (Lipinski definition) is 2. The first-order valence-corrected chi connectivity index (χ1v) is 6.85. The molecule has 0 radical (unpaired) electrons. The highest BCUT2D eigenvalue weighted by molar-refractivity contribution is 6.30. The smallest absolute Gasteiger partial charge is 0.312 e. The van der Waals surface area contributed by atoms with Crippen LogP contribution < -0.4 is 5.32 Å². The average molecular weight is 322 g/mol. The summed E-state index contributed by atoms with van der Waals surface area (Å²) in [7, 11) is 0. The number of rotatable bonds is 5. The maximum absolute atomic E-state index is 13.4. The van der Waals surface area contributed by atoms with Crippen LogP contribution >= 0.6 is 11.6 Å². The van der Waals surface area contributed by atoms with Crippen molar-refractivity contribution in [2.75, 3.05) is 0 Å². The highest BCUT2D eigenvalue weighted by atomic mass is 35.5. The standard InChI is InChI=1S/C16H13ClFNO3/c17-12-5-1-3-10(7-12)16(19-14(20)9-15(21)22)11-4-2-6-13(18)8-11/h1-8,16H,9H2,(H,19,20)(H,21,22). The monoisotopic (exact) mass is 321 g/mol. The van der Waals surface area contributed by atoms with Crippen LogP contribution in [0.5, 0.6) is 0 Å². The van der Waals surface area contributed by atoms with Gasteiger partial charge in [0.15, 0.2) is 0 Å². The molecule has 114 valence electrons. The molecule has 2 rings (SSSR count). The second-order valence-corrected chi connectivity index (χ2v) is 5.12. The lowest BCUT2D eigenvalue weighted by Gasteiger charge is -2.20. The number of carbonyl (C=O) groups excluding carboxylic acids is 1. The number of carboxylic acids is 1. The van der Waals surface area contributed by atoms with E-state index in [2.05, 4.69) is 5.32 Å². The zero-order chi connectivity index (χ0) is 16.1. The normalized spacial score (nSPS) is 11.7. The Kier molecular flexibility index (Phi) is 5.12. The lowest BCUT2D eigenvalue weighted by molar-refractivity contribution is -0.140. The van der Waals surface area contributed by atoms with Gasteiger partial charge in [0.1, 0.15) is 12.2 Å². The Morgan fingerprint density at radius 2 is 1.77 bits per heavy atom. The Balaban J connectivity index is 2.36. The van der Waals surface area contributed by atoms with E-state index in [1.165, 1.54) is 18.2 Å². The number of aliphatic carboxylic acids is 1. The molecule has 0 fully saturated rings. The summed E-state index contributed by atoms with van der Waals surface area (Å²) in [4.78, 5) is 22.4. The summed E-state index contributed by atoms with van der Waals surface area (Å²) < 4.78 is 13.4. The minimum atomic E-state index is -1.23. The van der Waals surface area contributed by atoms with Crippen LogP contribution in [-0.2, 0) is 9.59 Å². The van der Waals surface area contributed by atoms with Crippen LogP contribution in [0.3, 0.4) is 0 Å². The fraction of sp³-hybridized carbons (Fsp3) is 0.125. The van der Waals surface area contributed by atoms with Crippen molar-refractivity contribution in [3.63, 3.8) is 0 Å². The molecule has 1 unspecified atom stereocenters. The summed E-state index contributed by atoms with van der Waals surface area (Å²) in [6.07, 6.45) is -0.660. The SMILES string of the molecule is O=C(O)CC(=O)NC(c1cccc(F)c1)c1cccc(Cl)c1. The molecule has 0 aliphatic heterocycles. The van der Waals surface area contributed by atoms with E-state index in [-0.39, 0.29) is 0 Å². The number of hydrogen-bond donors (Lipinski definition) is 2. The summed E-state index contributed by atoms with van der Waals surface area (Å²) >= 11 is 5.95. The van der Waals surface area contributed by atoms with Crippen LogP contribution in [0.25, 0.3) is 0 Å². The molecule has 0 aliphatic carbocycles. The predicted octanol–water partition coefficient (Wildman–Crippen LogP) is 3.16. The van der Waals surface area contributed by atoms with Crippen LogP contribution in [0.15, 0.2) is 48.5 Å². The van der Waals surface area contributed by atoms with E-state index in [0.717, 1.165) is 0 Å². The van der Waals surface area contributed by atoms with E-state index < -0.39 is 30.2 Å². The van der Waals surface area contributed by atoms with Gasteiger partial charge in [0.2, 0.25) is 5.91 Å². The molecule has 6 heteroatoms. The lowest BCUT2D eigenvalue weighted by Crippen LogP contribution is -2.30. The van der Waals surface area contributed by atoms with Gasteiger partial charge in [-0.15, -0.1) is 0 Å². The fourth-order valence-corrected chi connectivity index (χ4v) is 2.28. The number of amides is 1. The molecule has 0 spiro atoms. The number of carboxylic acid groups (broad SMARTS) is 1. The zero-order valence-corrected chi connectivity index (χ0v) is 12.2. The van der Waals surface area contributed by atoms with Gasteiger partial charge in [0.05, 0.1) is 6.04 Å². The molecular formula is C16H13ClFNO3. The van der Waals surface area contributed by atoms with Gasteiger partial charge in [-0.05, 0) is 35.4 Å². The lowest BCUT2D eigenvalue weighted by atomic mass is 9.98. The van der Waals surface area contributed by atoms with Crippen LogP contribution in [0.1, 0.15) is 23.6 Å². The molecule has 0 aromatic heterocycles. The van der Waals surface area contributed by atoms with Crippen molar-refractivity contribution in [3.8, 4) is 0 Å². The molecule has 0 heterocycles. The molecule has 2 aromatic rings. The van der Waals surface area contributed by atoms with E-state index in [1.54, 1.807) is 30.3 Å². The third-order valence-electron chi connectivity index (χ3n) is 2.98. The molecule has 2 aromatic carbocycles. The molecule has 0 bridgehead atoms. The first-order chi connectivity index (χ1) is 10.5. The number of carbonyl (C=O) groups is 2. The van der Waals surface area contributed by atoms with Crippen LogP contribution in [0.4, 0.5) is 4.39 Å². The summed E-state index contributed by atoms with van der Waals surface area (Å²) in [5, 5.41) is 11.7. The largest absolute Gasteiger partial charge is 0.481 e. The highest BCUT2D eigenvalue weighted by Crippen LogP contribution is 2.25. The van der Waals surface area contributed by atoms with Gasteiger partial charge in [-0.2, -0.15) is 0 Å². The van der Waals surface area contributed by atoms with Crippen molar-refractivity contribution in [3.05, 3.63) is 70.5 Å². The molecule has 2 N–H and O–H groups in total. The van der Waals surface area contributed by atoms with Crippen LogP contribution in [-0.4, -0.2) is 17.0 Å². The second kappa shape index (κ2) is 7.04. The molecule has 1 atom stereocenters. The third-order valence-corrected chi connectivity index (χ3v) is 3.22. The van der Waals surface area contributed by atoms with Gasteiger partial charge in [-0.3, -0.25) is 9.59 Å². The number of halogens is 2. The van der Waals surface area contributed by atoms with Crippen molar-refractivity contribution < 1.29 is 19.1 Å². The second-order valence-electron chi connectivity index (χ2n) is 4.68.